The Kier molecular flexibility index (Phi) is 5.25. The molecule has 5 nitrogen and oxygen atoms in total. The van der Waals surface area contributed by atoms with Crippen molar-refractivity contribution >= 4 is 40.4 Å². The first-order valence-electron chi connectivity index (χ1n) is 7.59. The van der Waals surface area contributed by atoms with E-state index in [1.807, 2.05) is 0 Å². The maximum Gasteiger partial charge on any atom is 0.297 e. The smallest absolute Gasteiger partial charge is 0.297 e. The Balaban J connectivity index is 2.18. The minimum atomic E-state index is -0.909. The molecule has 0 saturated heterocycles. The number of nitro groups is 1. The highest BCUT2D eigenvalue weighted by atomic mass is 35.5. The highest BCUT2D eigenvalue weighted by Gasteiger charge is 2.22. The van der Waals surface area contributed by atoms with Crippen LogP contribution < -0.4 is 5.32 Å². The second-order valence-electron chi connectivity index (χ2n) is 5.64. The number of anilines is 2. The molecule has 0 aliphatic heterocycles. The zero-order chi connectivity index (χ0) is 19.7. The summed E-state index contributed by atoms with van der Waals surface area (Å²) in [4.78, 5) is 14.7. The van der Waals surface area contributed by atoms with Crippen LogP contribution in [0.25, 0.3) is 11.1 Å². The van der Waals surface area contributed by atoms with E-state index < -0.39 is 22.2 Å². The number of hydrogen-bond acceptors (Lipinski definition) is 4. The number of rotatable bonds is 4. The number of hydrogen-bond donors (Lipinski definition) is 1. The molecular formula is C18H11Cl2F2N3O2. The molecule has 0 amide bonds. The minimum absolute atomic E-state index is 0.108. The van der Waals surface area contributed by atoms with E-state index in [1.165, 1.54) is 18.3 Å². The predicted molar refractivity (Wildman–Crippen MR) is 101 cm³/mol. The molecule has 3 rings (SSSR count). The standard InChI is InChI=1S/C18H11Cl2F2N3O2/c1-9-4-5-23-18(16(9)12-3-2-11(21)8-13(12)20)24-17-14(22)6-10(19)7-15(17)25(26)27/h2-8H,1H3,(H,23,24). The number of nitro benzene ring substituents is 1. The van der Waals surface area contributed by atoms with Crippen LogP contribution in [0.15, 0.2) is 42.6 Å². The van der Waals surface area contributed by atoms with Crippen molar-refractivity contribution < 1.29 is 13.7 Å². The van der Waals surface area contributed by atoms with E-state index in [1.54, 1.807) is 13.0 Å². The molecule has 0 aliphatic rings. The first kappa shape index (κ1) is 19.0. The van der Waals surface area contributed by atoms with E-state index in [0.29, 0.717) is 16.7 Å². The normalized spacial score (nSPS) is 10.7. The maximum absolute atomic E-state index is 14.4. The van der Waals surface area contributed by atoms with Crippen molar-refractivity contribution in [2.75, 3.05) is 5.32 Å². The molecule has 1 aromatic heterocycles. The fourth-order valence-electron chi connectivity index (χ4n) is 2.63. The Morgan fingerprint density at radius 3 is 2.56 bits per heavy atom. The van der Waals surface area contributed by atoms with Crippen LogP contribution in [-0.4, -0.2) is 9.91 Å². The fraction of sp³-hybridized carbons (Fsp3) is 0.0556. The lowest BCUT2D eigenvalue weighted by Gasteiger charge is -2.15. The van der Waals surface area contributed by atoms with Gasteiger partial charge in [-0.15, -0.1) is 0 Å². The van der Waals surface area contributed by atoms with Crippen molar-refractivity contribution in [1.82, 2.24) is 4.98 Å². The van der Waals surface area contributed by atoms with Crippen LogP contribution in [0.1, 0.15) is 5.56 Å². The third-order valence-corrected chi connectivity index (χ3v) is 4.36. The quantitative estimate of drug-likeness (QED) is 0.405. The van der Waals surface area contributed by atoms with Gasteiger partial charge in [-0.1, -0.05) is 23.2 Å². The molecule has 0 fully saturated rings. The summed E-state index contributed by atoms with van der Waals surface area (Å²) >= 11 is 11.9. The molecular weight excluding hydrogens is 399 g/mol. The average Bonchev–Trinajstić information content (AvgIpc) is 2.58. The molecule has 2 aromatic carbocycles. The summed E-state index contributed by atoms with van der Waals surface area (Å²) in [5.41, 5.74) is 0.689. The number of benzene rings is 2. The molecule has 27 heavy (non-hydrogen) atoms. The minimum Gasteiger partial charge on any atom is -0.332 e. The van der Waals surface area contributed by atoms with Crippen LogP contribution in [0.4, 0.5) is 26.0 Å². The summed E-state index contributed by atoms with van der Waals surface area (Å²) in [6, 6.07) is 7.50. The van der Waals surface area contributed by atoms with Crippen molar-refractivity contribution in [3.05, 3.63) is 80.0 Å². The molecule has 0 bridgehead atoms. The molecule has 1 heterocycles. The van der Waals surface area contributed by atoms with Crippen LogP contribution >= 0.6 is 23.2 Å². The summed E-state index contributed by atoms with van der Waals surface area (Å²) in [5, 5.41) is 14.0. The molecule has 138 valence electrons. The second kappa shape index (κ2) is 7.46. The summed E-state index contributed by atoms with van der Waals surface area (Å²) in [5.74, 6) is -1.29. The zero-order valence-corrected chi connectivity index (χ0v) is 15.3. The SMILES string of the molecule is Cc1ccnc(Nc2c(F)cc(Cl)cc2[N+](=O)[O-])c1-c1ccc(F)cc1Cl. The molecule has 0 radical (unpaired) electrons. The third-order valence-electron chi connectivity index (χ3n) is 3.83. The van der Waals surface area contributed by atoms with E-state index in [4.69, 9.17) is 23.2 Å². The number of nitrogens with one attached hydrogen (secondary N) is 1. The Labute approximate surface area is 162 Å². The molecule has 0 unspecified atom stereocenters. The highest BCUT2D eigenvalue weighted by molar-refractivity contribution is 6.33. The van der Waals surface area contributed by atoms with Crippen LogP contribution in [0.5, 0.6) is 0 Å². The molecule has 0 atom stereocenters. The summed E-state index contributed by atoms with van der Waals surface area (Å²) in [7, 11) is 0. The lowest BCUT2D eigenvalue weighted by molar-refractivity contribution is -0.384. The van der Waals surface area contributed by atoms with Crippen molar-refractivity contribution in [3.8, 4) is 11.1 Å². The number of nitrogens with zero attached hydrogens (tertiary/aromatic N) is 2. The van der Waals surface area contributed by atoms with Crippen molar-refractivity contribution in [1.29, 1.82) is 0 Å². The van der Waals surface area contributed by atoms with E-state index >= 15 is 0 Å². The van der Waals surface area contributed by atoms with E-state index in [0.717, 1.165) is 18.2 Å². The van der Waals surface area contributed by atoms with Gasteiger partial charge in [-0.25, -0.2) is 13.8 Å². The molecule has 0 saturated carbocycles. The molecule has 1 N–H and O–H groups in total. The van der Waals surface area contributed by atoms with Crippen molar-refractivity contribution in [2.45, 2.75) is 6.92 Å². The van der Waals surface area contributed by atoms with Crippen molar-refractivity contribution in [3.63, 3.8) is 0 Å². The zero-order valence-electron chi connectivity index (χ0n) is 13.8. The van der Waals surface area contributed by atoms with E-state index in [9.17, 15) is 18.9 Å². The monoisotopic (exact) mass is 409 g/mol. The van der Waals surface area contributed by atoms with Crippen molar-refractivity contribution in [2.24, 2.45) is 0 Å². The van der Waals surface area contributed by atoms with Crippen LogP contribution in [-0.2, 0) is 0 Å². The summed E-state index contributed by atoms with van der Waals surface area (Å²) in [6.07, 6.45) is 1.46. The Bertz CT molecular complexity index is 1060. The predicted octanol–water partition coefficient (Wildman–Crippen LogP) is 6.29. The van der Waals surface area contributed by atoms with E-state index in [2.05, 4.69) is 10.3 Å². The second-order valence-corrected chi connectivity index (χ2v) is 6.48. The number of aryl methyl sites for hydroxylation is 1. The Morgan fingerprint density at radius 2 is 1.89 bits per heavy atom. The third kappa shape index (κ3) is 3.84. The van der Waals surface area contributed by atoms with Gasteiger partial charge in [-0.3, -0.25) is 10.1 Å². The van der Waals surface area contributed by atoms with Gasteiger partial charge in [0.15, 0.2) is 11.5 Å². The van der Waals surface area contributed by atoms with E-state index in [-0.39, 0.29) is 21.6 Å². The van der Waals surface area contributed by atoms with Gasteiger partial charge in [-0.05, 0) is 42.8 Å². The largest absolute Gasteiger partial charge is 0.332 e. The average molecular weight is 410 g/mol. The summed E-state index contributed by atoms with van der Waals surface area (Å²) in [6.45, 7) is 1.76. The highest BCUT2D eigenvalue weighted by Crippen LogP contribution is 2.39. The van der Waals surface area contributed by atoms with Gasteiger partial charge in [-0.2, -0.15) is 0 Å². The number of halogens is 4. The van der Waals surface area contributed by atoms with Gasteiger partial charge in [0.05, 0.1) is 15.0 Å². The molecule has 3 aromatic rings. The van der Waals surface area contributed by atoms with Crippen LogP contribution in [0.2, 0.25) is 10.0 Å². The van der Waals surface area contributed by atoms with Gasteiger partial charge >= 0.3 is 0 Å². The maximum atomic E-state index is 14.4. The Morgan fingerprint density at radius 1 is 1.15 bits per heavy atom. The topological polar surface area (TPSA) is 68.1 Å². The van der Waals surface area contributed by atoms with Gasteiger partial charge in [0.25, 0.3) is 5.69 Å². The molecule has 0 aliphatic carbocycles. The first-order valence-corrected chi connectivity index (χ1v) is 8.35. The summed E-state index contributed by atoms with van der Waals surface area (Å²) < 4.78 is 27.8. The van der Waals surface area contributed by atoms with Gasteiger partial charge in [0.2, 0.25) is 0 Å². The molecule has 0 spiro atoms. The lowest BCUT2D eigenvalue weighted by atomic mass is 10.0. The first-order chi connectivity index (χ1) is 12.8. The lowest BCUT2D eigenvalue weighted by Crippen LogP contribution is -2.04. The van der Waals surface area contributed by atoms with Crippen LogP contribution in [0.3, 0.4) is 0 Å². The van der Waals surface area contributed by atoms with Crippen LogP contribution in [0, 0.1) is 28.7 Å². The fourth-order valence-corrected chi connectivity index (χ4v) is 3.09. The number of pyridine rings is 1. The van der Waals surface area contributed by atoms with Gasteiger partial charge in [0, 0.05) is 23.4 Å². The number of aromatic nitrogens is 1. The van der Waals surface area contributed by atoms with Gasteiger partial charge in [0.1, 0.15) is 11.6 Å². The van der Waals surface area contributed by atoms with Gasteiger partial charge < -0.3 is 5.32 Å². The molecule has 9 heteroatoms. The Hall–Kier alpha value is -2.77.